The molecule has 1 unspecified atom stereocenters. The van der Waals surface area contributed by atoms with Gasteiger partial charge in [0.05, 0.1) is 6.10 Å². The van der Waals surface area contributed by atoms with Gasteiger partial charge < -0.3 is 10.4 Å². The number of aromatic nitrogens is 1. The van der Waals surface area contributed by atoms with E-state index in [2.05, 4.69) is 10.3 Å². The Bertz CT molecular complexity index is 600. The second kappa shape index (κ2) is 5.82. The minimum Gasteiger partial charge on any atom is -0.389 e. The Kier molecular flexibility index (Phi) is 4.14. The Balaban J connectivity index is 2.24. The molecule has 0 saturated carbocycles. The molecule has 0 bridgehead atoms. The highest BCUT2D eigenvalue weighted by atomic mass is 35.5. The van der Waals surface area contributed by atoms with Gasteiger partial charge in [0.2, 0.25) is 0 Å². The number of carbonyl (C=O) groups excluding carboxylic acids is 1. The number of hydrogen-bond donors (Lipinski definition) is 2. The van der Waals surface area contributed by atoms with Gasteiger partial charge in [-0.25, -0.2) is 4.98 Å². The Morgan fingerprint density at radius 1 is 1.26 bits per heavy atom. The Morgan fingerprint density at radius 2 is 2.00 bits per heavy atom. The zero-order valence-electron chi connectivity index (χ0n) is 10.3. The van der Waals surface area contributed by atoms with E-state index in [-0.39, 0.29) is 16.8 Å². The third-order valence-electron chi connectivity index (χ3n) is 2.61. The van der Waals surface area contributed by atoms with Crippen LogP contribution in [0.2, 0.25) is 5.15 Å². The number of aliphatic hydroxyl groups excluding tert-OH is 1. The number of nitrogens with zero attached hydrogens (tertiary/aromatic N) is 1. The van der Waals surface area contributed by atoms with Gasteiger partial charge in [0.15, 0.2) is 0 Å². The van der Waals surface area contributed by atoms with E-state index >= 15 is 0 Å². The van der Waals surface area contributed by atoms with Gasteiger partial charge in [-0.3, -0.25) is 4.79 Å². The topological polar surface area (TPSA) is 62.2 Å². The van der Waals surface area contributed by atoms with E-state index in [1.165, 1.54) is 0 Å². The van der Waals surface area contributed by atoms with Gasteiger partial charge in [0, 0.05) is 11.3 Å². The van der Waals surface area contributed by atoms with Crippen LogP contribution in [0.4, 0.5) is 5.69 Å². The van der Waals surface area contributed by atoms with Gasteiger partial charge in [0.1, 0.15) is 10.8 Å². The first-order valence-corrected chi connectivity index (χ1v) is 6.16. The number of amides is 1. The third kappa shape index (κ3) is 3.30. The predicted molar refractivity (Wildman–Crippen MR) is 74.3 cm³/mol. The molecule has 1 atom stereocenters. The Morgan fingerprint density at radius 3 is 2.68 bits per heavy atom. The van der Waals surface area contributed by atoms with Crippen molar-refractivity contribution in [3.05, 3.63) is 58.9 Å². The molecule has 0 radical (unpaired) electrons. The lowest BCUT2D eigenvalue weighted by Crippen LogP contribution is -2.15. The normalized spacial score (nSPS) is 11.9. The number of hydrogen-bond acceptors (Lipinski definition) is 3. The summed E-state index contributed by atoms with van der Waals surface area (Å²) in [5, 5.41) is 12.6. The molecule has 1 heterocycles. The van der Waals surface area contributed by atoms with Crippen LogP contribution in [0.1, 0.15) is 29.1 Å². The summed E-state index contributed by atoms with van der Waals surface area (Å²) in [5.74, 6) is -0.365. The molecule has 98 valence electrons. The molecule has 19 heavy (non-hydrogen) atoms. The van der Waals surface area contributed by atoms with Crippen LogP contribution in [0.15, 0.2) is 42.5 Å². The van der Waals surface area contributed by atoms with Crippen molar-refractivity contribution in [2.24, 2.45) is 0 Å². The molecular formula is C14H13ClN2O2. The first-order chi connectivity index (χ1) is 9.08. The van der Waals surface area contributed by atoms with Crippen LogP contribution in [-0.4, -0.2) is 16.0 Å². The molecule has 0 fully saturated rings. The van der Waals surface area contributed by atoms with Crippen LogP contribution in [0, 0.1) is 0 Å². The maximum Gasteiger partial charge on any atom is 0.274 e. The average molecular weight is 277 g/mol. The highest BCUT2D eigenvalue weighted by molar-refractivity contribution is 6.29. The van der Waals surface area contributed by atoms with E-state index in [1.54, 1.807) is 49.4 Å². The number of carbonyl (C=O) groups is 1. The van der Waals surface area contributed by atoms with Crippen molar-refractivity contribution < 1.29 is 9.90 Å². The molecule has 0 aliphatic heterocycles. The largest absolute Gasteiger partial charge is 0.389 e. The summed E-state index contributed by atoms with van der Waals surface area (Å²) in [7, 11) is 0. The quantitative estimate of drug-likeness (QED) is 0.847. The maximum absolute atomic E-state index is 12.0. The zero-order valence-corrected chi connectivity index (χ0v) is 11.1. The Hall–Kier alpha value is -1.91. The van der Waals surface area contributed by atoms with Crippen LogP contribution in [0.3, 0.4) is 0 Å². The first kappa shape index (κ1) is 13.5. The van der Waals surface area contributed by atoms with Crippen molar-refractivity contribution in [2.45, 2.75) is 13.0 Å². The number of aliphatic hydroxyl groups is 1. The van der Waals surface area contributed by atoms with E-state index in [0.29, 0.717) is 11.3 Å². The number of benzene rings is 1. The highest BCUT2D eigenvalue weighted by Gasteiger charge is 2.12. The fourth-order valence-electron chi connectivity index (χ4n) is 1.70. The molecule has 2 rings (SSSR count). The smallest absolute Gasteiger partial charge is 0.274 e. The molecular weight excluding hydrogens is 264 g/mol. The minimum atomic E-state index is -0.663. The third-order valence-corrected chi connectivity index (χ3v) is 2.82. The molecule has 0 spiro atoms. The van der Waals surface area contributed by atoms with Gasteiger partial charge in [0.25, 0.3) is 5.91 Å². The minimum absolute atomic E-state index is 0.230. The van der Waals surface area contributed by atoms with Crippen molar-refractivity contribution in [2.75, 3.05) is 5.32 Å². The van der Waals surface area contributed by atoms with E-state index in [0.717, 1.165) is 0 Å². The molecule has 2 N–H and O–H groups in total. The highest BCUT2D eigenvalue weighted by Crippen LogP contribution is 2.22. The molecule has 2 aromatic rings. The van der Waals surface area contributed by atoms with Gasteiger partial charge in [-0.2, -0.15) is 0 Å². The fourth-order valence-corrected chi connectivity index (χ4v) is 1.86. The summed E-state index contributed by atoms with van der Waals surface area (Å²) in [6.07, 6.45) is -0.663. The molecule has 0 saturated heterocycles. The molecule has 1 amide bonds. The van der Waals surface area contributed by atoms with Crippen LogP contribution in [-0.2, 0) is 0 Å². The van der Waals surface area contributed by atoms with Gasteiger partial charge >= 0.3 is 0 Å². The lowest BCUT2D eigenvalue weighted by Gasteiger charge is -2.12. The number of halogens is 1. The van der Waals surface area contributed by atoms with E-state index in [1.807, 2.05) is 0 Å². The van der Waals surface area contributed by atoms with E-state index < -0.39 is 6.10 Å². The van der Waals surface area contributed by atoms with Gasteiger partial charge in [-0.05, 0) is 25.1 Å². The number of para-hydroxylation sites is 1. The van der Waals surface area contributed by atoms with Crippen molar-refractivity contribution in [1.82, 2.24) is 4.98 Å². The molecule has 0 aliphatic rings. The van der Waals surface area contributed by atoms with Gasteiger partial charge in [-0.15, -0.1) is 0 Å². The molecule has 4 nitrogen and oxygen atoms in total. The summed E-state index contributed by atoms with van der Waals surface area (Å²) in [6, 6.07) is 11.9. The number of anilines is 1. The van der Waals surface area contributed by atoms with Crippen molar-refractivity contribution in [3.8, 4) is 0 Å². The van der Waals surface area contributed by atoms with E-state index in [9.17, 15) is 9.90 Å². The Labute approximate surface area is 116 Å². The predicted octanol–water partition coefficient (Wildman–Crippen LogP) is 3.04. The number of nitrogens with one attached hydrogen (secondary N) is 1. The SMILES string of the molecule is CC(O)c1ccccc1NC(=O)c1cccc(Cl)n1. The number of pyridine rings is 1. The van der Waals surface area contributed by atoms with Crippen molar-refractivity contribution in [3.63, 3.8) is 0 Å². The second-order valence-electron chi connectivity index (χ2n) is 4.06. The van der Waals surface area contributed by atoms with Crippen molar-refractivity contribution >= 4 is 23.2 Å². The molecule has 0 aliphatic carbocycles. The lowest BCUT2D eigenvalue weighted by atomic mass is 10.1. The average Bonchev–Trinajstić information content (AvgIpc) is 2.39. The molecule has 1 aromatic carbocycles. The summed E-state index contributed by atoms with van der Waals surface area (Å²) in [5.41, 5.74) is 1.44. The standard InChI is InChI=1S/C14H13ClN2O2/c1-9(18)10-5-2-3-6-11(10)17-14(19)12-7-4-8-13(15)16-12/h2-9,18H,1H3,(H,17,19). The van der Waals surface area contributed by atoms with Gasteiger partial charge in [-0.1, -0.05) is 35.9 Å². The fraction of sp³-hybridized carbons (Fsp3) is 0.143. The van der Waals surface area contributed by atoms with Crippen molar-refractivity contribution in [1.29, 1.82) is 0 Å². The van der Waals surface area contributed by atoms with Crippen LogP contribution in [0.25, 0.3) is 0 Å². The van der Waals surface area contributed by atoms with Crippen LogP contribution < -0.4 is 5.32 Å². The summed E-state index contributed by atoms with van der Waals surface area (Å²) in [4.78, 5) is 16.0. The summed E-state index contributed by atoms with van der Waals surface area (Å²) < 4.78 is 0. The summed E-state index contributed by atoms with van der Waals surface area (Å²) >= 11 is 5.74. The monoisotopic (exact) mass is 276 g/mol. The van der Waals surface area contributed by atoms with Crippen LogP contribution in [0.5, 0.6) is 0 Å². The maximum atomic E-state index is 12.0. The lowest BCUT2D eigenvalue weighted by molar-refractivity contribution is 0.102. The number of rotatable bonds is 3. The van der Waals surface area contributed by atoms with Crippen LogP contribution >= 0.6 is 11.6 Å². The molecule has 5 heteroatoms. The summed E-state index contributed by atoms with van der Waals surface area (Å²) in [6.45, 7) is 1.64. The first-order valence-electron chi connectivity index (χ1n) is 5.79. The molecule has 1 aromatic heterocycles. The zero-order chi connectivity index (χ0) is 13.8. The second-order valence-corrected chi connectivity index (χ2v) is 4.45. The van der Waals surface area contributed by atoms with E-state index in [4.69, 9.17) is 11.6 Å².